The minimum absolute atomic E-state index is 0.0353. The first kappa shape index (κ1) is 26.9. The average molecular weight is 507 g/mol. The molecule has 9 nitrogen and oxygen atoms in total. The van der Waals surface area contributed by atoms with Gasteiger partial charge in [-0.1, -0.05) is 31.4 Å². The number of likely N-dealkylation sites (tertiary alicyclic amines) is 1. The smallest absolute Gasteiger partial charge is 0.408 e. The number of unbranched alkanes of at least 4 members (excludes halogenated alkanes) is 1. The Kier molecular flexibility index (Phi) is 8.77. The summed E-state index contributed by atoms with van der Waals surface area (Å²) < 4.78 is 5.22. The van der Waals surface area contributed by atoms with Crippen LogP contribution in [0, 0.1) is 11.8 Å². The lowest BCUT2D eigenvalue weighted by atomic mass is 9.79. The van der Waals surface area contributed by atoms with E-state index in [0.29, 0.717) is 17.4 Å². The summed E-state index contributed by atoms with van der Waals surface area (Å²) in [4.78, 5) is 45.1. The Bertz CT molecular complexity index is 960. The maximum Gasteiger partial charge on any atom is 0.408 e. The van der Waals surface area contributed by atoms with Crippen molar-refractivity contribution in [3.8, 4) is 0 Å². The molecule has 1 aromatic carbocycles. The lowest BCUT2D eigenvalue weighted by Gasteiger charge is -2.44. The zero-order valence-electron chi connectivity index (χ0n) is 20.7. The number of fused-ring (bicyclic) bond motifs is 1. The van der Waals surface area contributed by atoms with Gasteiger partial charge >= 0.3 is 6.09 Å². The molecular weight excluding hydrogens is 472 g/mol. The molecule has 3 N–H and O–H groups in total. The number of aliphatic imine (C=N–C) groups is 1. The van der Waals surface area contributed by atoms with Crippen LogP contribution in [0.3, 0.4) is 0 Å². The fourth-order valence-electron chi connectivity index (χ4n) is 4.48. The molecule has 192 valence electrons. The molecule has 10 heteroatoms. The van der Waals surface area contributed by atoms with E-state index >= 15 is 0 Å². The van der Waals surface area contributed by atoms with Crippen LogP contribution < -0.4 is 10.6 Å². The van der Waals surface area contributed by atoms with Crippen molar-refractivity contribution >= 4 is 35.3 Å². The molecule has 0 aliphatic carbocycles. The quantitative estimate of drug-likeness (QED) is 0.525. The second-order valence-electron chi connectivity index (χ2n) is 10.1. The summed E-state index contributed by atoms with van der Waals surface area (Å²) in [6.07, 6.45) is 1.93. The van der Waals surface area contributed by atoms with Gasteiger partial charge in [0.15, 0.2) is 0 Å². The van der Waals surface area contributed by atoms with Crippen molar-refractivity contribution in [3.63, 3.8) is 0 Å². The van der Waals surface area contributed by atoms with Gasteiger partial charge in [-0.3, -0.25) is 14.6 Å². The molecule has 2 aliphatic rings. The highest BCUT2D eigenvalue weighted by molar-refractivity contribution is 6.30. The van der Waals surface area contributed by atoms with E-state index in [1.54, 1.807) is 37.8 Å². The number of alkyl carbamates (subject to hydrolysis) is 1. The van der Waals surface area contributed by atoms with E-state index in [9.17, 15) is 19.5 Å². The molecule has 1 unspecified atom stereocenters. The highest BCUT2D eigenvalue weighted by Gasteiger charge is 2.45. The molecule has 2 aliphatic heterocycles. The van der Waals surface area contributed by atoms with E-state index in [-0.39, 0.29) is 24.4 Å². The van der Waals surface area contributed by atoms with E-state index in [1.165, 1.54) is 0 Å². The Balaban J connectivity index is 1.80. The van der Waals surface area contributed by atoms with Crippen LogP contribution in [0.5, 0.6) is 0 Å². The zero-order chi connectivity index (χ0) is 25.8. The number of carbonyl (C=O) groups excluding carboxylic acids is 3. The summed E-state index contributed by atoms with van der Waals surface area (Å²) in [5, 5.41) is 15.7. The van der Waals surface area contributed by atoms with Gasteiger partial charge in [0.1, 0.15) is 17.5 Å². The summed E-state index contributed by atoms with van der Waals surface area (Å²) in [7, 11) is 0. The van der Waals surface area contributed by atoms with Crippen molar-refractivity contribution in [3.05, 3.63) is 34.9 Å². The fraction of sp³-hybridized carbons (Fsp3) is 0.600. The van der Waals surface area contributed by atoms with Gasteiger partial charge in [-0.2, -0.15) is 0 Å². The standard InChI is InChI=1S/C25H35ClN4O5/c1-5-6-7-16-12-30(23(33)19(14-31)27-24(34)35-25(2,3)4)13-18-20(16)28-21(29-22(18)32)15-8-10-17(26)11-9-15/h8-11,16,18-20,31H,5-7,12-14H2,1-4H3,(H,27,34)(H,28,29,32)/t16-,18-,19-,20?/m0/s1. The second kappa shape index (κ2) is 11.4. The predicted molar refractivity (Wildman–Crippen MR) is 133 cm³/mol. The SMILES string of the molecule is CCCC[C@H]1CN(C(=O)[C@H](CO)NC(=O)OC(C)(C)C)C[C@@H]2C(=O)NC(c3ccc(Cl)cc3)=NC12. The Hall–Kier alpha value is -2.65. The van der Waals surface area contributed by atoms with Crippen LogP contribution in [0.4, 0.5) is 4.79 Å². The molecule has 4 atom stereocenters. The highest BCUT2D eigenvalue weighted by Crippen LogP contribution is 2.32. The van der Waals surface area contributed by atoms with Crippen LogP contribution in [-0.4, -0.2) is 71.1 Å². The normalized spacial score (nSPS) is 23.0. The first-order chi connectivity index (χ1) is 16.5. The third kappa shape index (κ3) is 6.95. The van der Waals surface area contributed by atoms with Gasteiger partial charge in [-0.05, 0) is 57.4 Å². The van der Waals surface area contributed by atoms with Gasteiger partial charge in [-0.15, -0.1) is 0 Å². The molecule has 1 saturated heterocycles. The van der Waals surface area contributed by atoms with Gasteiger partial charge < -0.3 is 25.4 Å². The second-order valence-corrected chi connectivity index (χ2v) is 10.5. The number of aliphatic hydroxyl groups is 1. The zero-order valence-corrected chi connectivity index (χ0v) is 21.5. The molecule has 0 radical (unpaired) electrons. The predicted octanol–water partition coefficient (Wildman–Crippen LogP) is 2.74. The van der Waals surface area contributed by atoms with Crippen molar-refractivity contribution in [2.75, 3.05) is 19.7 Å². The number of aliphatic hydroxyl groups excluding tert-OH is 1. The van der Waals surface area contributed by atoms with Gasteiger partial charge in [0, 0.05) is 23.7 Å². The third-order valence-corrected chi connectivity index (χ3v) is 6.41. The maximum absolute atomic E-state index is 13.3. The van der Waals surface area contributed by atoms with Crippen LogP contribution in [0.25, 0.3) is 0 Å². The number of carbonyl (C=O) groups is 3. The third-order valence-electron chi connectivity index (χ3n) is 6.15. The molecule has 3 amide bonds. The molecule has 1 fully saturated rings. The van der Waals surface area contributed by atoms with Crippen LogP contribution in [-0.2, 0) is 14.3 Å². The Morgan fingerprint density at radius 2 is 1.97 bits per heavy atom. The molecule has 1 aromatic rings. The maximum atomic E-state index is 13.3. The van der Waals surface area contributed by atoms with E-state index in [1.807, 2.05) is 12.1 Å². The molecule has 2 heterocycles. The van der Waals surface area contributed by atoms with Crippen LogP contribution in [0.2, 0.25) is 5.02 Å². The van der Waals surface area contributed by atoms with E-state index < -0.39 is 36.2 Å². The number of amidine groups is 1. The fourth-order valence-corrected chi connectivity index (χ4v) is 4.61. The summed E-state index contributed by atoms with van der Waals surface area (Å²) in [5.74, 6) is -0.694. The topological polar surface area (TPSA) is 120 Å². The van der Waals surface area contributed by atoms with Crippen molar-refractivity contribution in [1.82, 2.24) is 15.5 Å². The highest BCUT2D eigenvalue weighted by atomic mass is 35.5. The molecule has 35 heavy (non-hydrogen) atoms. The van der Waals surface area contributed by atoms with Gasteiger partial charge in [0.25, 0.3) is 0 Å². The van der Waals surface area contributed by atoms with Crippen molar-refractivity contribution < 1.29 is 24.2 Å². The molecule has 0 saturated carbocycles. The average Bonchev–Trinajstić information content (AvgIpc) is 2.79. The molecule has 0 spiro atoms. The van der Waals surface area contributed by atoms with Crippen molar-refractivity contribution in [1.29, 1.82) is 0 Å². The van der Waals surface area contributed by atoms with Gasteiger partial charge in [0.05, 0.1) is 18.6 Å². The van der Waals surface area contributed by atoms with E-state index in [2.05, 4.69) is 17.6 Å². The summed E-state index contributed by atoms with van der Waals surface area (Å²) in [5.41, 5.74) is 0.0346. The first-order valence-corrected chi connectivity index (χ1v) is 12.4. The van der Waals surface area contributed by atoms with Crippen molar-refractivity contribution in [2.24, 2.45) is 16.8 Å². The minimum Gasteiger partial charge on any atom is -0.444 e. The van der Waals surface area contributed by atoms with Gasteiger partial charge in [0.2, 0.25) is 11.8 Å². The molecular formula is C25H35ClN4O5. The number of benzene rings is 1. The molecule has 0 aromatic heterocycles. The number of ether oxygens (including phenoxy) is 1. The minimum atomic E-state index is -1.16. The number of hydrogen-bond acceptors (Lipinski definition) is 6. The summed E-state index contributed by atoms with van der Waals surface area (Å²) >= 11 is 6.00. The number of amides is 3. The number of piperidine rings is 1. The number of nitrogens with zero attached hydrogens (tertiary/aromatic N) is 2. The monoisotopic (exact) mass is 506 g/mol. The first-order valence-electron chi connectivity index (χ1n) is 12.1. The van der Waals surface area contributed by atoms with Gasteiger partial charge in [-0.25, -0.2) is 4.79 Å². The number of rotatable bonds is 7. The number of hydrogen-bond donors (Lipinski definition) is 3. The van der Waals surface area contributed by atoms with Crippen molar-refractivity contribution in [2.45, 2.75) is 64.6 Å². The number of nitrogens with one attached hydrogen (secondary N) is 2. The molecule has 3 rings (SSSR count). The largest absolute Gasteiger partial charge is 0.444 e. The van der Waals surface area contributed by atoms with Crippen LogP contribution >= 0.6 is 11.6 Å². The van der Waals surface area contributed by atoms with E-state index in [0.717, 1.165) is 24.8 Å². The number of halogens is 1. The Morgan fingerprint density at radius 1 is 1.29 bits per heavy atom. The van der Waals surface area contributed by atoms with E-state index in [4.69, 9.17) is 21.3 Å². The molecule has 0 bridgehead atoms. The summed E-state index contributed by atoms with van der Waals surface area (Å²) in [6.45, 7) is 7.20. The van der Waals surface area contributed by atoms with Crippen LogP contribution in [0.1, 0.15) is 52.5 Å². The summed E-state index contributed by atoms with van der Waals surface area (Å²) in [6, 6.07) is 5.70. The Morgan fingerprint density at radius 3 is 2.57 bits per heavy atom. The lowest BCUT2D eigenvalue weighted by Crippen LogP contribution is -2.61. The lowest BCUT2D eigenvalue weighted by molar-refractivity contribution is -0.140. The van der Waals surface area contributed by atoms with Crippen LogP contribution in [0.15, 0.2) is 29.3 Å². The Labute approximate surface area is 211 Å².